The van der Waals surface area contributed by atoms with E-state index in [2.05, 4.69) is 16.9 Å². The van der Waals surface area contributed by atoms with Crippen LogP contribution in [0.15, 0.2) is 29.2 Å². The molecular weight excluding hydrogens is 202 g/mol. The highest BCUT2D eigenvalue weighted by Crippen LogP contribution is 2.22. The van der Waals surface area contributed by atoms with Gasteiger partial charge in [-0.1, -0.05) is 13.3 Å². The second-order valence-corrected chi connectivity index (χ2v) is 3.92. The Bertz CT molecular complexity index is 419. The zero-order valence-corrected chi connectivity index (χ0v) is 9.44. The van der Waals surface area contributed by atoms with Crippen molar-refractivity contribution in [1.82, 2.24) is 9.97 Å². The molecule has 0 aliphatic carbocycles. The molecule has 0 bridgehead atoms. The average Bonchev–Trinajstić information content (AvgIpc) is 2.95. The van der Waals surface area contributed by atoms with Crippen LogP contribution in [0.5, 0.6) is 0 Å². The van der Waals surface area contributed by atoms with E-state index in [-0.39, 0.29) is 0 Å². The maximum atomic E-state index is 5.74. The number of nitrogens with one attached hydrogen (secondary N) is 1. The molecule has 0 saturated carbocycles. The molecule has 4 heteroatoms. The topological polar surface area (TPSA) is 67.8 Å². The molecule has 4 nitrogen and oxygen atoms in total. The number of H-pyrrole nitrogens is 1. The number of rotatable bonds is 5. The van der Waals surface area contributed by atoms with Gasteiger partial charge >= 0.3 is 0 Å². The molecule has 3 N–H and O–H groups in total. The molecule has 0 saturated heterocycles. The highest BCUT2D eigenvalue weighted by atomic mass is 16.3. The van der Waals surface area contributed by atoms with Crippen molar-refractivity contribution in [2.45, 2.75) is 25.7 Å². The SMILES string of the molecule is CCCC(CN)c1ncc(-c2ccoc2)[nH]1. The van der Waals surface area contributed by atoms with Crippen LogP contribution in [0.2, 0.25) is 0 Å². The predicted molar refractivity (Wildman–Crippen MR) is 63.0 cm³/mol. The molecule has 0 fully saturated rings. The average molecular weight is 219 g/mol. The normalized spacial score (nSPS) is 12.9. The summed E-state index contributed by atoms with van der Waals surface area (Å²) in [6.45, 7) is 2.79. The first-order chi connectivity index (χ1) is 7.85. The molecule has 0 spiro atoms. The van der Waals surface area contributed by atoms with E-state index in [0.29, 0.717) is 12.5 Å². The smallest absolute Gasteiger partial charge is 0.110 e. The molecule has 0 radical (unpaired) electrons. The number of furan rings is 1. The van der Waals surface area contributed by atoms with E-state index in [4.69, 9.17) is 10.2 Å². The third-order valence-electron chi connectivity index (χ3n) is 2.74. The monoisotopic (exact) mass is 219 g/mol. The molecule has 0 aliphatic heterocycles. The summed E-state index contributed by atoms with van der Waals surface area (Å²) in [5.74, 6) is 1.30. The number of aromatic amines is 1. The highest BCUT2D eigenvalue weighted by Gasteiger charge is 2.13. The van der Waals surface area contributed by atoms with E-state index in [1.54, 1.807) is 12.5 Å². The van der Waals surface area contributed by atoms with E-state index < -0.39 is 0 Å². The van der Waals surface area contributed by atoms with Crippen molar-refractivity contribution in [3.05, 3.63) is 30.6 Å². The van der Waals surface area contributed by atoms with E-state index in [1.807, 2.05) is 12.3 Å². The molecule has 2 rings (SSSR count). The summed E-state index contributed by atoms with van der Waals surface area (Å²) in [7, 11) is 0. The van der Waals surface area contributed by atoms with Crippen LogP contribution in [0.1, 0.15) is 31.5 Å². The zero-order chi connectivity index (χ0) is 11.4. The molecule has 16 heavy (non-hydrogen) atoms. The van der Waals surface area contributed by atoms with E-state index >= 15 is 0 Å². The fourth-order valence-electron chi connectivity index (χ4n) is 1.82. The Kier molecular flexibility index (Phi) is 3.41. The minimum atomic E-state index is 0.325. The van der Waals surface area contributed by atoms with Gasteiger partial charge in [-0.15, -0.1) is 0 Å². The quantitative estimate of drug-likeness (QED) is 0.811. The van der Waals surface area contributed by atoms with Crippen molar-refractivity contribution in [3.63, 3.8) is 0 Å². The van der Waals surface area contributed by atoms with Crippen molar-refractivity contribution < 1.29 is 4.42 Å². The highest BCUT2D eigenvalue weighted by molar-refractivity contribution is 5.56. The van der Waals surface area contributed by atoms with Crippen LogP contribution in [0.3, 0.4) is 0 Å². The van der Waals surface area contributed by atoms with Crippen molar-refractivity contribution in [1.29, 1.82) is 0 Å². The molecule has 2 heterocycles. The van der Waals surface area contributed by atoms with Crippen LogP contribution in [0, 0.1) is 0 Å². The summed E-state index contributed by atoms with van der Waals surface area (Å²) in [5.41, 5.74) is 7.74. The molecule has 0 amide bonds. The summed E-state index contributed by atoms with van der Waals surface area (Å²) in [5, 5.41) is 0. The molecule has 2 aromatic rings. The van der Waals surface area contributed by atoms with Crippen LogP contribution in [0.4, 0.5) is 0 Å². The predicted octanol–water partition coefficient (Wildman–Crippen LogP) is 2.51. The van der Waals surface area contributed by atoms with Gasteiger partial charge in [0.1, 0.15) is 5.82 Å². The molecule has 0 aromatic carbocycles. The maximum absolute atomic E-state index is 5.74. The first-order valence-electron chi connectivity index (χ1n) is 5.62. The van der Waals surface area contributed by atoms with Crippen molar-refractivity contribution in [2.24, 2.45) is 5.73 Å². The summed E-state index contributed by atoms with van der Waals surface area (Å²) in [6, 6.07) is 1.91. The van der Waals surface area contributed by atoms with Gasteiger partial charge in [-0.05, 0) is 12.5 Å². The number of aromatic nitrogens is 2. The summed E-state index contributed by atoms with van der Waals surface area (Å²) in [4.78, 5) is 7.68. The fourth-order valence-corrected chi connectivity index (χ4v) is 1.82. The Morgan fingerprint density at radius 1 is 1.56 bits per heavy atom. The maximum Gasteiger partial charge on any atom is 0.110 e. The number of imidazole rings is 1. The Balaban J connectivity index is 2.18. The van der Waals surface area contributed by atoms with Crippen molar-refractivity contribution in [2.75, 3.05) is 6.54 Å². The van der Waals surface area contributed by atoms with E-state index in [0.717, 1.165) is 29.9 Å². The fraction of sp³-hybridized carbons (Fsp3) is 0.417. The van der Waals surface area contributed by atoms with Gasteiger partial charge in [0.2, 0.25) is 0 Å². The van der Waals surface area contributed by atoms with Crippen LogP contribution >= 0.6 is 0 Å². The number of hydrogen-bond acceptors (Lipinski definition) is 3. The summed E-state index contributed by atoms with van der Waals surface area (Å²) < 4.78 is 5.04. The second kappa shape index (κ2) is 4.99. The van der Waals surface area contributed by atoms with Gasteiger partial charge in [-0.25, -0.2) is 4.98 Å². The first-order valence-corrected chi connectivity index (χ1v) is 5.62. The van der Waals surface area contributed by atoms with Gasteiger partial charge in [-0.2, -0.15) is 0 Å². The minimum absolute atomic E-state index is 0.325. The largest absolute Gasteiger partial charge is 0.472 e. The number of hydrogen-bond donors (Lipinski definition) is 2. The Morgan fingerprint density at radius 3 is 3.06 bits per heavy atom. The Hall–Kier alpha value is -1.55. The third kappa shape index (κ3) is 2.17. The number of nitrogens with zero attached hydrogens (tertiary/aromatic N) is 1. The lowest BCUT2D eigenvalue weighted by atomic mass is 10.0. The van der Waals surface area contributed by atoms with Crippen LogP contribution < -0.4 is 5.73 Å². The number of nitrogens with two attached hydrogens (primary N) is 1. The zero-order valence-electron chi connectivity index (χ0n) is 9.44. The molecule has 0 aliphatic rings. The Labute approximate surface area is 94.9 Å². The second-order valence-electron chi connectivity index (χ2n) is 3.92. The lowest BCUT2D eigenvalue weighted by molar-refractivity contribution is 0.568. The van der Waals surface area contributed by atoms with E-state index in [1.165, 1.54) is 0 Å². The van der Waals surface area contributed by atoms with E-state index in [9.17, 15) is 0 Å². The Morgan fingerprint density at radius 2 is 2.44 bits per heavy atom. The van der Waals surface area contributed by atoms with Gasteiger partial charge in [0.25, 0.3) is 0 Å². The van der Waals surface area contributed by atoms with Crippen LogP contribution in [-0.4, -0.2) is 16.5 Å². The molecule has 1 unspecified atom stereocenters. The minimum Gasteiger partial charge on any atom is -0.472 e. The van der Waals surface area contributed by atoms with Gasteiger partial charge in [0, 0.05) is 18.0 Å². The van der Waals surface area contributed by atoms with Crippen LogP contribution in [-0.2, 0) is 0 Å². The summed E-state index contributed by atoms with van der Waals surface area (Å²) >= 11 is 0. The van der Waals surface area contributed by atoms with Gasteiger partial charge in [0.15, 0.2) is 0 Å². The summed E-state index contributed by atoms with van der Waals surface area (Å²) in [6.07, 6.45) is 7.37. The van der Waals surface area contributed by atoms with Crippen molar-refractivity contribution in [3.8, 4) is 11.3 Å². The first kappa shape index (κ1) is 11.0. The molecule has 2 aromatic heterocycles. The lowest BCUT2D eigenvalue weighted by Gasteiger charge is -2.09. The van der Waals surface area contributed by atoms with Gasteiger partial charge in [0.05, 0.1) is 24.4 Å². The van der Waals surface area contributed by atoms with Crippen LogP contribution in [0.25, 0.3) is 11.3 Å². The van der Waals surface area contributed by atoms with Crippen molar-refractivity contribution >= 4 is 0 Å². The van der Waals surface area contributed by atoms with Gasteiger partial charge < -0.3 is 15.1 Å². The van der Waals surface area contributed by atoms with Gasteiger partial charge in [-0.3, -0.25) is 0 Å². The molecule has 1 atom stereocenters. The molecule has 86 valence electrons. The molecular formula is C12H17N3O. The standard InChI is InChI=1S/C12H17N3O/c1-2-3-9(6-13)12-14-7-11(15-12)10-4-5-16-8-10/h4-5,7-9H,2-3,6,13H2,1H3,(H,14,15). The third-order valence-corrected chi connectivity index (χ3v) is 2.74. The lowest BCUT2D eigenvalue weighted by Crippen LogP contribution is -2.13.